The van der Waals surface area contributed by atoms with Gasteiger partial charge in [-0.25, -0.2) is 0 Å². The van der Waals surface area contributed by atoms with Gasteiger partial charge in [-0.1, -0.05) is 18.2 Å². The van der Waals surface area contributed by atoms with E-state index >= 15 is 0 Å². The minimum absolute atomic E-state index is 0.0764. The monoisotopic (exact) mass is 308 g/mol. The number of anilines is 1. The number of hydrogen-bond acceptors (Lipinski definition) is 4. The Kier molecular flexibility index (Phi) is 4.74. The van der Waals surface area contributed by atoms with Crippen LogP contribution in [-0.4, -0.2) is 16.3 Å². The average Bonchev–Trinajstić information content (AvgIpc) is 2.33. The van der Waals surface area contributed by atoms with Crippen molar-refractivity contribution in [2.45, 2.75) is 6.18 Å². The maximum absolute atomic E-state index is 13.1. The van der Waals surface area contributed by atoms with Crippen LogP contribution >= 0.6 is 11.6 Å². The molecule has 0 amide bonds. The second-order valence-electron chi connectivity index (χ2n) is 3.52. The Hall–Kier alpha value is -2.06. The van der Waals surface area contributed by atoms with Crippen LogP contribution in [-0.2, 0) is 0 Å². The van der Waals surface area contributed by atoms with Gasteiger partial charge in [-0.3, -0.25) is 20.8 Å². The lowest BCUT2D eigenvalue weighted by molar-refractivity contribution is -0.419. The molecular weight excluding hydrogens is 301 g/mol. The fourth-order valence-electron chi connectivity index (χ4n) is 1.52. The third-order valence-corrected chi connectivity index (χ3v) is 2.54. The quantitative estimate of drug-likeness (QED) is 0.503. The van der Waals surface area contributed by atoms with E-state index in [1.165, 1.54) is 6.07 Å². The molecule has 0 spiro atoms. The molecule has 0 radical (unpaired) electrons. The van der Waals surface area contributed by atoms with Crippen molar-refractivity contribution in [2.75, 3.05) is 5.48 Å². The van der Waals surface area contributed by atoms with Crippen LogP contribution in [0.15, 0.2) is 36.6 Å². The topological polar surface area (TPSA) is 75.4 Å². The first kappa shape index (κ1) is 16.0. The second kappa shape index (κ2) is 5.93. The predicted molar refractivity (Wildman–Crippen MR) is 67.0 cm³/mol. The first-order valence-corrected chi connectivity index (χ1v) is 5.38. The Bertz CT molecular complexity index is 585. The third-order valence-electron chi connectivity index (χ3n) is 2.30. The van der Waals surface area contributed by atoms with Crippen LogP contribution < -0.4 is 5.48 Å². The zero-order valence-electron chi connectivity index (χ0n) is 9.74. The molecule has 5 nitrogen and oxygen atoms in total. The van der Waals surface area contributed by atoms with E-state index in [9.17, 15) is 23.3 Å². The summed E-state index contributed by atoms with van der Waals surface area (Å²) >= 11 is 5.60. The molecule has 0 heterocycles. The van der Waals surface area contributed by atoms with Crippen molar-refractivity contribution >= 4 is 22.9 Å². The summed E-state index contributed by atoms with van der Waals surface area (Å²) in [5.41, 5.74) is -2.28. The summed E-state index contributed by atoms with van der Waals surface area (Å²) in [6, 6.07) is 3.14. The van der Waals surface area contributed by atoms with E-state index in [1.54, 1.807) is 5.48 Å². The number of rotatable bonds is 4. The lowest BCUT2D eigenvalue weighted by atomic mass is 10.0. The van der Waals surface area contributed by atoms with Gasteiger partial charge in [0.05, 0.1) is 10.6 Å². The van der Waals surface area contributed by atoms with Gasteiger partial charge in [0.25, 0.3) is 5.70 Å². The van der Waals surface area contributed by atoms with Crippen molar-refractivity contribution in [3.8, 4) is 0 Å². The largest absolute Gasteiger partial charge is 0.423 e. The van der Waals surface area contributed by atoms with E-state index in [-0.39, 0.29) is 10.7 Å². The van der Waals surface area contributed by atoms with Crippen LogP contribution in [0.5, 0.6) is 0 Å². The molecule has 1 aromatic carbocycles. The van der Waals surface area contributed by atoms with Crippen molar-refractivity contribution < 1.29 is 23.3 Å². The van der Waals surface area contributed by atoms with Crippen LogP contribution in [0.25, 0.3) is 5.57 Å². The number of nitrogens with zero attached hydrogens (tertiary/aromatic N) is 1. The van der Waals surface area contributed by atoms with Crippen LogP contribution in [0.3, 0.4) is 0 Å². The molecule has 1 aromatic rings. The normalized spacial score (nSPS) is 12.7. The Labute approximate surface area is 116 Å². The number of benzene rings is 1. The first-order chi connectivity index (χ1) is 9.22. The molecular formula is C11H8ClF3N2O3. The molecule has 0 aliphatic carbocycles. The van der Waals surface area contributed by atoms with Gasteiger partial charge < -0.3 is 0 Å². The van der Waals surface area contributed by atoms with E-state index in [0.29, 0.717) is 6.08 Å². The van der Waals surface area contributed by atoms with E-state index in [4.69, 9.17) is 16.8 Å². The summed E-state index contributed by atoms with van der Waals surface area (Å²) in [4.78, 5) is 9.53. The fraction of sp³-hybridized carbons (Fsp3) is 0.0909. The van der Waals surface area contributed by atoms with Crippen molar-refractivity contribution in [3.05, 3.63) is 57.3 Å². The molecule has 0 bridgehead atoms. The van der Waals surface area contributed by atoms with Gasteiger partial charge in [-0.2, -0.15) is 13.2 Å². The average molecular weight is 309 g/mol. The van der Waals surface area contributed by atoms with E-state index < -0.39 is 27.9 Å². The molecule has 0 aliphatic heterocycles. The van der Waals surface area contributed by atoms with Crippen molar-refractivity contribution in [3.63, 3.8) is 0 Å². The summed E-state index contributed by atoms with van der Waals surface area (Å²) in [5, 5.41) is 19.5. The molecule has 0 saturated heterocycles. The van der Waals surface area contributed by atoms with E-state index in [1.807, 2.05) is 0 Å². The maximum atomic E-state index is 13.1. The summed E-state index contributed by atoms with van der Waals surface area (Å²) in [6.45, 7) is 3.00. The van der Waals surface area contributed by atoms with Crippen molar-refractivity contribution in [1.82, 2.24) is 0 Å². The maximum Gasteiger partial charge on any atom is 0.423 e. The molecule has 1 rings (SSSR count). The van der Waals surface area contributed by atoms with E-state index in [2.05, 4.69) is 6.58 Å². The Morgan fingerprint density at radius 2 is 2.10 bits per heavy atom. The molecule has 0 atom stereocenters. The number of nitro groups is 1. The van der Waals surface area contributed by atoms with Crippen LogP contribution in [0.4, 0.5) is 18.9 Å². The highest BCUT2D eigenvalue weighted by Gasteiger charge is 2.42. The van der Waals surface area contributed by atoms with Crippen LogP contribution in [0.2, 0.25) is 5.02 Å². The lowest BCUT2D eigenvalue weighted by Crippen LogP contribution is -2.17. The minimum atomic E-state index is -5.03. The molecule has 0 saturated carbocycles. The Morgan fingerprint density at radius 1 is 1.50 bits per heavy atom. The summed E-state index contributed by atoms with van der Waals surface area (Å²) in [5.74, 6) is 0. The molecule has 20 heavy (non-hydrogen) atoms. The highest BCUT2D eigenvalue weighted by molar-refractivity contribution is 6.30. The van der Waals surface area contributed by atoms with E-state index in [0.717, 1.165) is 12.1 Å². The van der Waals surface area contributed by atoms with Crippen molar-refractivity contribution in [1.29, 1.82) is 0 Å². The zero-order chi connectivity index (χ0) is 15.5. The minimum Gasteiger partial charge on any atom is -0.291 e. The van der Waals surface area contributed by atoms with Crippen LogP contribution in [0, 0.1) is 10.1 Å². The number of halogens is 4. The summed E-state index contributed by atoms with van der Waals surface area (Å²) in [7, 11) is 0. The molecule has 108 valence electrons. The number of alkyl halides is 3. The summed E-state index contributed by atoms with van der Waals surface area (Å²) in [6.07, 6.45) is -4.56. The van der Waals surface area contributed by atoms with Gasteiger partial charge >= 0.3 is 6.18 Å². The fourth-order valence-corrected chi connectivity index (χ4v) is 1.70. The molecule has 2 N–H and O–H groups in total. The lowest BCUT2D eigenvalue weighted by Gasteiger charge is -2.15. The smallest absolute Gasteiger partial charge is 0.291 e. The zero-order valence-corrected chi connectivity index (χ0v) is 10.5. The second-order valence-corrected chi connectivity index (χ2v) is 3.96. The van der Waals surface area contributed by atoms with Crippen LogP contribution in [0.1, 0.15) is 5.56 Å². The Morgan fingerprint density at radius 3 is 2.50 bits per heavy atom. The molecule has 0 aromatic heterocycles. The van der Waals surface area contributed by atoms with Gasteiger partial charge in [-0.15, -0.1) is 0 Å². The number of hydrogen-bond donors (Lipinski definition) is 2. The molecule has 9 heteroatoms. The van der Waals surface area contributed by atoms with Gasteiger partial charge in [0, 0.05) is 16.7 Å². The third kappa shape index (κ3) is 3.28. The first-order valence-electron chi connectivity index (χ1n) is 5.00. The molecule has 0 aliphatic rings. The van der Waals surface area contributed by atoms with Crippen molar-refractivity contribution in [2.24, 2.45) is 0 Å². The Balaban J connectivity index is 3.76. The predicted octanol–water partition coefficient (Wildman–Crippen LogP) is 3.88. The number of nitrogens with one attached hydrogen (secondary N) is 1. The van der Waals surface area contributed by atoms with Gasteiger partial charge in [0.1, 0.15) is 5.57 Å². The van der Waals surface area contributed by atoms with Gasteiger partial charge in [-0.05, 0) is 18.2 Å². The number of allylic oxidation sites excluding steroid dienone is 2. The van der Waals surface area contributed by atoms with Gasteiger partial charge in [0.2, 0.25) is 0 Å². The molecule has 0 fully saturated rings. The molecule has 0 unspecified atom stereocenters. The SMILES string of the molecule is C=C/C(=C(\c1cc(Cl)ccc1NO)C(F)(F)F)[N+](=O)[O-]. The standard InChI is InChI=1S/C11H8ClF3N2O3/c1-2-9(17(19)20)10(11(13,14)15)7-5-6(12)3-4-8(7)16-18/h2-5,16,18H,1H2/b10-9-. The highest BCUT2D eigenvalue weighted by atomic mass is 35.5. The highest BCUT2D eigenvalue weighted by Crippen LogP contribution is 2.40. The summed E-state index contributed by atoms with van der Waals surface area (Å²) < 4.78 is 39.3. The van der Waals surface area contributed by atoms with Gasteiger partial charge in [0.15, 0.2) is 0 Å².